The number of benzene rings is 1. The first kappa shape index (κ1) is 15.5. The van der Waals surface area contributed by atoms with Crippen molar-refractivity contribution in [3.05, 3.63) is 34.9 Å². The summed E-state index contributed by atoms with van der Waals surface area (Å²) in [6.45, 7) is 7.44. The minimum absolute atomic E-state index is 0.295. The van der Waals surface area contributed by atoms with E-state index in [4.69, 9.17) is 4.74 Å². The predicted octanol–water partition coefficient (Wildman–Crippen LogP) is 4.16. The van der Waals surface area contributed by atoms with E-state index in [-0.39, 0.29) is 0 Å². The molecule has 1 aliphatic rings. The minimum Gasteiger partial charge on any atom is -0.376 e. The van der Waals surface area contributed by atoms with Crippen LogP contribution in [0.15, 0.2) is 18.2 Å². The molecule has 0 radical (unpaired) electrons. The Bertz CT molecular complexity index is 429. The Morgan fingerprint density at radius 1 is 1.25 bits per heavy atom. The van der Waals surface area contributed by atoms with Crippen LogP contribution in [0, 0.1) is 19.8 Å². The highest BCUT2D eigenvalue weighted by molar-refractivity contribution is 5.33. The third-order valence-corrected chi connectivity index (χ3v) is 4.67. The van der Waals surface area contributed by atoms with Crippen LogP contribution in [0.4, 0.5) is 0 Å². The Balaban J connectivity index is 1.99. The second-order valence-electron chi connectivity index (χ2n) is 6.33. The zero-order chi connectivity index (χ0) is 14.5. The summed E-state index contributed by atoms with van der Waals surface area (Å²) in [7, 11) is 2.03. The summed E-state index contributed by atoms with van der Waals surface area (Å²) in [5, 5.41) is 3.42. The Hall–Kier alpha value is -0.860. The lowest BCUT2D eigenvalue weighted by atomic mass is 9.88. The largest absolute Gasteiger partial charge is 0.376 e. The molecule has 2 heteroatoms. The van der Waals surface area contributed by atoms with Crippen LogP contribution in [-0.2, 0) is 4.74 Å². The second-order valence-corrected chi connectivity index (χ2v) is 6.33. The van der Waals surface area contributed by atoms with Crippen LogP contribution >= 0.6 is 0 Å². The maximum Gasteiger partial charge on any atom is 0.0665 e. The fraction of sp³-hybridized carbons (Fsp3) is 0.667. The van der Waals surface area contributed by atoms with Gasteiger partial charge in [0.2, 0.25) is 0 Å². The zero-order valence-electron chi connectivity index (χ0n) is 13.4. The van der Waals surface area contributed by atoms with Crippen molar-refractivity contribution >= 4 is 0 Å². The standard InChI is InChI=1S/C18H29NO/c1-13-9-10-14(2)16(11-13)17(19-4)12-20-18-8-6-5-7-15(18)3/h9-11,15,17-19H,5-8,12H2,1-4H3. The molecule has 1 fully saturated rings. The van der Waals surface area contributed by atoms with Gasteiger partial charge in [-0.2, -0.15) is 0 Å². The highest BCUT2D eigenvalue weighted by Crippen LogP contribution is 2.28. The number of hydrogen-bond acceptors (Lipinski definition) is 2. The van der Waals surface area contributed by atoms with Gasteiger partial charge in [-0.05, 0) is 50.8 Å². The van der Waals surface area contributed by atoms with E-state index < -0.39 is 0 Å². The molecule has 3 unspecified atom stereocenters. The molecule has 1 aromatic rings. The fourth-order valence-electron chi connectivity index (χ4n) is 3.21. The van der Waals surface area contributed by atoms with Crippen LogP contribution in [-0.4, -0.2) is 19.8 Å². The van der Waals surface area contributed by atoms with E-state index in [1.807, 2.05) is 7.05 Å². The highest BCUT2D eigenvalue weighted by atomic mass is 16.5. The smallest absolute Gasteiger partial charge is 0.0665 e. The second kappa shape index (κ2) is 7.24. The van der Waals surface area contributed by atoms with E-state index in [1.54, 1.807) is 0 Å². The van der Waals surface area contributed by atoms with Gasteiger partial charge in [0.15, 0.2) is 0 Å². The van der Waals surface area contributed by atoms with Gasteiger partial charge in [0.05, 0.1) is 18.8 Å². The molecule has 3 atom stereocenters. The van der Waals surface area contributed by atoms with Crippen molar-refractivity contribution < 1.29 is 4.74 Å². The van der Waals surface area contributed by atoms with Gasteiger partial charge in [0.1, 0.15) is 0 Å². The molecule has 2 nitrogen and oxygen atoms in total. The highest BCUT2D eigenvalue weighted by Gasteiger charge is 2.23. The van der Waals surface area contributed by atoms with Gasteiger partial charge in [-0.3, -0.25) is 0 Å². The summed E-state index contributed by atoms with van der Waals surface area (Å²) in [5.74, 6) is 0.708. The molecule has 1 saturated carbocycles. The van der Waals surface area contributed by atoms with Gasteiger partial charge < -0.3 is 10.1 Å². The van der Waals surface area contributed by atoms with Gasteiger partial charge >= 0.3 is 0 Å². The van der Waals surface area contributed by atoms with Crippen molar-refractivity contribution in [2.45, 2.75) is 58.6 Å². The molecule has 0 heterocycles. The van der Waals surface area contributed by atoms with E-state index in [0.717, 1.165) is 6.61 Å². The van der Waals surface area contributed by atoms with Crippen molar-refractivity contribution in [1.29, 1.82) is 0 Å². The number of likely N-dealkylation sites (N-methyl/N-ethyl adjacent to an activating group) is 1. The van der Waals surface area contributed by atoms with Crippen molar-refractivity contribution in [2.24, 2.45) is 5.92 Å². The van der Waals surface area contributed by atoms with Crippen LogP contribution in [0.2, 0.25) is 0 Å². The molecule has 0 bridgehead atoms. The lowest BCUT2D eigenvalue weighted by Gasteiger charge is -2.30. The summed E-state index contributed by atoms with van der Waals surface area (Å²) in [6, 6.07) is 6.96. The van der Waals surface area contributed by atoms with Crippen molar-refractivity contribution in [1.82, 2.24) is 5.32 Å². The van der Waals surface area contributed by atoms with E-state index in [1.165, 1.54) is 42.4 Å². The van der Waals surface area contributed by atoms with Crippen LogP contribution in [0.5, 0.6) is 0 Å². The fourth-order valence-corrected chi connectivity index (χ4v) is 3.21. The number of hydrogen-bond donors (Lipinski definition) is 1. The number of ether oxygens (including phenoxy) is 1. The Morgan fingerprint density at radius 3 is 2.70 bits per heavy atom. The quantitative estimate of drug-likeness (QED) is 0.871. The van der Waals surface area contributed by atoms with Crippen LogP contribution in [0.3, 0.4) is 0 Å². The molecule has 20 heavy (non-hydrogen) atoms. The molecule has 1 aromatic carbocycles. The molecule has 0 aliphatic heterocycles. The van der Waals surface area contributed by atoms with Gasteiger partial charge in [-0.15, -0.1) is 0 Å². The first-order chi connectivity index (χ1) is 9.61. The summed E-state index contributed by atoms with van der Waals surface area (Å²) in [5.41, 5.74) is 4.03. The number of aryl methyl sites for hydroxylation is 2. The molecular formula is C18H29NO. The Kier molecular flexibility index (Phi) is 5.62. The third-order valence-electron chi connectivity index (χ3n) is 4.67. The first-order valence-electron chi connectivity index (χ1n) is 7.98. The maximum absolute atomic E-state index is 6.24. The van der Waals surface area contributed by atoms with E-state index in [2.05, 4.69) is 44.3 Å². The molecule has 0 spiro atoms. The molecule has 0 amide bonds. The normalized spacial score (nSPS) is 24.6. The Labute approximate surface area is 123 Å². The molecule has 1 aliphatic carbocycles. The SMILES string of the molecule is CNC(COC1CCCCC1C)c1cc(C)ccc1C. The summed E-state index contributed by atoms with van der Waals surface area (Å²) < 4.78 is 6.24. The number of rotatable bonds is 5. The van der Waals surface area contributed by atoms with Crippen molar-refractivity contribution in [3.63, 3.8) is 0 Å². The first-order valence-corrected chi connectivity index (χ1v) is 7.98. The van der Waals surface area contributed by atoms with Gasteiger partial charge in [0.25, 0.3) is 0 Å². The third kappa shape index (κ3) is 3.83. The zero-order valence-corrected chi connectivity index (χ0v) is 13.4. The van der Waals surface area contributed by atoms with Crippen LogP contribution in [0.1, 0.15) is 55.3 Å². The van der Waals surface area contributed by atoms with Crippen molar-refractivity contribution in [3.8, 4) is 0 Å². The molecule has 0 saturated heterocycles. The average molecular weight is 275 g/mol. The molecular weight excluding hydrogens is 246 g/mol. The Morgan fingerprint density at radius 2 is 2.00 bits per heavy atom. The van der Waals surface area contributed by atoms with Crippen molar-refractivity contribution in [2.75, 3.05) is 13.7 Å². The van der Waals surface area contributed by atoms with E-state index in [0.29, 0.717) is 18.1 Å². The lowest BCUT2D eigenvalue weighted by Crippen LogP contribution is -2.30. The predicted molar refractivity (Wildman–Crippen MR) is 85.1 cm³/mol. The number of nitrogens with one attached hydrogen (secondary N) is 1. The molecule has 0 aromatic heterocycles. The van der Waals surface area contributed by atoms with Gasteiger partial charge in [-0.1, -0.05) is 43.5 Å². The van der Waals surface area contributed by atoms with E-state index in [9.17, 15) is 0 Å². The topological polar surface area (TPSA) is 21.3 Å². The molecule has 112 valence electrons. The van der Waals surface area contributed by atoms with Gasteiger partial charge in [0, 0.05) is 0 Å². The summed E-state index contributed by atoms with van der Waals surface area (Å²) in [6.07, 6.45) is 5.68. The molecule has 1 N–H and O–H groups in total. The van der Waals surface area contributed by atoms with Crippen LogP contribution in [0.25, 0.3) is 0 Å². The summed E-state index contributed by atoms with van der Waals surface area (Å²) >= 11 is 0. The van der Waals surface area contributed by atoms with Gasteiger partial charge in [-0.25, -0.2) is 0 Å². The maximum atomic E-state index is 6.24. The minimum atomic E-state index is 0.295. The summed E-state index contributed by atoms with van der Waals surface area (Å²) in [4.78, 5) is 0. The average Bonchev–Trinajstić information content (AvgIpc) is 2.45. The van der Waals surface area contributed by atoms with E-state index >= 15 is 0 Å². The monoisotopic (exact) mass is 275 g/mol. The lowest BCUT2D eigenvalue weighted by molar-refractivity contribution is -0.0146. The molecule has 2 rings (SSSR count). The van der Waals surface area contributed by atoms with Crippen LogP contribution < -0.4 is 5.32 Å².